The highest BCUT2D eigenvalue weighted by atomic mass is 32.3. The monoisotopic (exact) mass is 588 g/mol. The van der Waals surface area contributed by atoms with Crippen molar-refractivity contribution in [2.75, 3.05) is 18.6 Å². The minimum absolute atomic E-state index is 0.0756. The second-order valence-corrected chi connectivity index (χ2v) is 12.6. The molecule has 0 spiro atoms. The second-order valence-electron chi connectivity index (χ2n) is 7.78. The Morgan fingerprint density at radius 1 is 0.838 bits per heavy atom. The molecule has 0 unspecified atom stereocenters. The summed E-state index contributed by atoms with van der Waals surface area (Å²) in [5.74, 6) is -15.6. The molecule has 0 bridgehead atoms. The number of benzene rings is 2. The number of hydrogen-bond acceptors (Lipinski definition) is 6. The lowest BCUT2D eigenvalue weighted by atomic mass is 10.1. The predicted octanol–water partition coefficient (Wildman–Crippen LogP) is 6.63. The first-order chi connectivity index (χ1) is 16.8. The first-order valence-electron chi connectivity index (χ1n) is 10.1. The predicted molar refractivity (Wildman–Crippen MR) is 113 cm³/mol. The number of carbonyl (C=O) groups is 1. The Morgan fingerprint density at radius 3 is 1.89 bits per heavy atom. The van der Waals surface area contributed by atoms with Crippen LogP contribution in [0.15, 0.2) is 41.3 Å². The lowest BCUT2D eigenvalue weighted by molar-refractivity contribution is -0.382. The molecule has 2 aromatic rings. The molecule has 208 valence electrons. The van der Waals surface area contributed by atoms with Crippen LogP contribution in [0, 0.1) is 0 Å². The van der Waals surface area contributed by atoms with Gasteiger partial charge in [-0.1, -0.05) is 34.6 Å². The number of fused-ring (bicyclic) bond motifs is 1. The van der Waals surface area contributed by atoms with Crippen LogP contribution in [0.3, 0.4) is 0 Å². The van der Waals surface area contributed by atoms with E-state index in [0.29, 0.717) is 0 Å². The van der Waals surface area contributed by atoms with Crippen LogP contribution in [0.25, 0.3) is 10.8 Å². The molecule has 6 nitrogen and oxygen atoms in total. The lowest BCUT2D eigenvalue weighted by Crippen LogP contribution is -2.63. The third kappa shape index (κ3) is 4.69. The number of rotatable bonds is 7. The van der Waals surface area contributed by atoms with Crippen molar-refractivity contribution in [1.82, 2.24) is 0 Å². The molecule has 17 heteroatoms. The van der Waals surface area contributed by atoms with Gasteiger partial charge in [0, 0.05) is 21.8 Å². The largest absolute Gasteiger partial charge is 0.513 e. The van der Waals surface area contributed by atoms with Crippen molar-refractivity contribution < 1.29 is 65.8 Å². The Hall–Kier alpha value is -2.40. The minimum Gasteiger partial charge on any atom is -0.437 e. The molecule has 0 amide bonds. The number of halogens is 9. The van der Waals surface area contributed by atoms with Gasteiger partial charge in [0.05, 0.1) is 7.11 Å². The number of alkyl halides is 9. The Kier molecular flexibility index (Phi) is 7.42. The summed E-state index contributed by atoms with van der Waals surface area (Å²) >= 11 is 0. The first kappa shape index (κ1) is 29.2. The van der Waals surface area contributed by atoms with Crippen LogP contribution in [-0.4, -0.2) is 56.5 Å². The molecule has 1 fully saturated rings. The molecule has 0 saturated carbocycles. The summed E-state index contributed by atoms with van der Waals surface area (Å²) in [6, 6.07) is 7.80. The SMILES string of the molecule is COC(=O)Oc1ccc(S2(OS(=O)(=O)C(F)(F)C(F)(F)C(F)(F)C(F)(F)F)CCCC2)c2ccccc12. The highest BCUT2D eigenvalue weighted by molar-refractivity contribution is 8.33. The quantitative estimate of drug-likeness (QED) is 0.205. The maximum absolute atomic E-state index is 14.4. The molecule has 1 aliphatic rings. The van der Waals surface area contributed by atoms with E-state index < -0.39 is 49.9 Å². The molecule has 1 heterocycles. The fourth-order valence-corrected chi connectivity index (χ4v) is 9.49. The molecule has 2 aromatic carbocycles. The molecular weight excluding hydrogens is 571 g/mol. The van der Waals surface area contributed by atoms with Crippen molar-refractivity contribution in [3.63, 3.8) is 0 Å². The van der Waals surface area contributed by atoms with Crippen molar-refractivity contribution in [2.45, 2.75) is 41.0 Å². The Balaban J connectivity index is 2.14. The summed E-state index contributed by atoms with van der Waals surface area (Å²) < 4.78 is 159. The second kappa shape index (κ2) is 9.41. The average Bonchev–Trinajstić information content (AvgIpc) is 3.26. The summed E-state index contributed by atoms with van der Waals surface area (Å²) in [7, 11) is -9.58. The van der Waals surface area contributed by atoms with Gasteiger partial charge >= 0.3 is 39.5 Å². The van der Waals surface area contributed by atoms with E-state index >= 15 is 0 Å². The van der Waals surface area contributed by atoms with Crippen LogP contribution < -0.4 is 4.74 Å². The fourth-order valence-electron chi connectivity index (χ4n) is 3.62. The van der Waals surface area contributed by atoms with E-state index in [0.717, 1.165) is 19.2 Å². The van der Waals surface area contributed by atoms with Crippen molar-refractivity contribution in [2.24, 2.45) is 0 Å². The zero-order valence-corrected chi connectivity index (χ0v) is 20.1. The molecule has 1 aliphatic heterocycles. The van der Waals surface area contributed by atoms with E-state index in [9.17, 15) is 52.7 Å². The van der Waals surface area contributed by atoms with E-state index in [2.05, 4.69) is 8.37 Å². The van der Waals surface area contributed by atoms with E-state index in [1.165, 1.54) is 24.3 Å². The molecular formula is C20H17F9O6S2. The minimum atomic E-state index is -7.41. The van der Waals surface area contributed by atoms with Gasteiger partial charge in [-0.05, 0) is 30.4 Å². The summed E-state index contributed by atoms with van der Waals surface area (Å²) in [6.07, 6.45) is -8.06. The van der Waals surface area contributed by atoms with Crippen molar-refractivity contribution in [1.29, 1.82) is 0 Å². The zero-order valence-electron chi connectivity index (χ0n) is 18.5. The van der Waals surface area contributed by atoms with Crippen molar-refractivity contribution in [3.8, 4) is 5.75 Å². The van der Waals surface area contributed by atoms with Gasteiger partial charge in [0.2, 0.25) is 0 Å². The third-order valence-corrected chi connectivity index (χ3v) is 11.1. The normalized spacial score (nSPS) is 18.0. The highest BCUT2D eigenvalue weighted by Gasteiger charge is 2.86. The van der Waals surface area contributed by atoms with Crippen molar-refractivity contribution >= 4 is 37.4 Å². The average molecular weight is 588 g/mol. The van der Waals surface area contributed by atoms with Gasteiger partial charge in [0.15, 0.2) is 0 Å². The van der Waals surface area contributed by atoms with E-state index in [4.69, 9.17) is 4.74 Å². The Bertz CT molecular complexity index is 1290. The number of ether oxygens (including phenoxy) is 2. The lowest BCUT2D eigenvalue weighted by Gasteiger charge is -2.38. The van der Waals surface area contributed by atoms with Crippen LogP contribution in [0.5, 0.6) is 5.75 Å². The van der Waals surface area contributed by atoms with Gasteiger partial charge in [-0.2, -0.15) is 47.9 Å². The highest BCUT2D eigenvalue weighted by Crippen LogP contribution is 2.66. The molecule has 0 N–H and O–H groups in total. The van der Waals surface area contributed by atoms with E-state index in [-0.39, 0.29) is 45.8 Å². The molecule has 0 aromatic heterocycles. The zero-order chi connectivity index (χ0) is 28.1. The number of hydrogen-bond donors (Lipinski definition) is 0. The van der Waals surface area contributed by atoms with Gasteiger partial charge < -0.3 is 9.47 Å². The Morgan fingerprint density at radius 2 is 1.38 bits per heavy atom. The van der Waals surface area contributed by atoms with Gasteiger partial charge in [0.25, 0.3) is 0 Å². The van der Waals surface area contributed by atoms with Gasteiger partial charge in [0.1, 0.15) is 5.75 Å². The summed E-state index contributed by atoms with van der Waals surface area (Å²) in [5.41, 5.74) is 0. The van der Waals surface area contributed by atoms with Gasteiger partial charge in [-0.3, -0.25) is 0 Å². The third-order valence-electron chi connectivity index (χ3n) is 5.45. The van der Waals surface area contributed by atoms with E-state index in [1.54, 1.807) is 0 Å². The topological polar surface area (TPSA) is 78.9 Å². The van der Waals surface area contributed by atoms with Crippen LogP contribution in [0.1, 0.15) is 12.8 Å². The standard InChI is InChI=1S/C20H17F9O6S2/c1-33-16(30)34-14-8-9-15(13-7-3-2-6-12(13)14)36(10-4-5-11-36)35-37(31,32)20(28,29)18(23,24)17(21,22)19(25,26)27/h2-3,6-9H,4-5,10-11H2,1H3. The van der Waals surface area contributed by atoms with Gasteiger partial charge in [-0.15, -0.1) is 0 Å². The van der Waals surface area contributed by atoms with Crippen LogP contribution in [0.4, 0.5) is 44.3 Å². The van der Waals surface area contributed by atoms with Crippen LogP contribution in [-0.2, 0) is 18.5 Å². The fraction of sp³-hybridized carbons (Fsp3) is 0.450. The summed E-state index contributed by atoms with van der Waals surface area (Å²) in [5, 5.41) is -6.77. The summed E-state index contributed by atoms with van der Waals surface area (Å²) in [6.45, 7) is 0. The van der Waals surface area contributed by atoms with Crippen molar-refractivity contribution in [3.05, 3.63) is 36.4 Å². The first-order valence-corrected chi connectivity index (χ1v) is 13.4. The maximum atomic E-state index is 14.4. The van der Waals surface area contributed by atoms with Gasteiger partial charge in [-0.25, -0.2) is 8.42 Å². The number of methoxy groups -OCH3 is 1. The Labute approximate surface area is 205 Å². The molecule has 1 saturated heterocycles. The smallest absolute Gasteiger partial charge is 0.437 e. The molecule has 3 rings (SSSR count). The van der Waals surface area contributed by atoms with E-state index in [1.807, 2.05) is 0 Å². The maximum Gasteiger partial charge on any atom is 0.513 e. The van der Waals surface area contributed by atoms with Crippen LogP contribution >= 0.6 is 10.3 Å². The molecule has 0 radical (unpaired) electrons. The molecule has 37 heavy (non-hydrogen) atoms. The molecule has 0 atom stereocenters. The number of carbonyl (C=O) groups excluding carboxylic acids is 1. The summed E-state index contributed by atoms with van der Waals surface area (Å²) in [4.78, 5) is 11.4. The molecule has 0 aliphatic carbocycles. The van der Waals surface area contributed by atoms with Crippen LogP contribution in [0.2, 0.25) is 0 Å².